The standard InChI is InChI=1S/C10H24N2.C8H10O.Cu/c1-5-11(6-2)9-10-12(7-3)8-4;1-6-4-3-5-8(2)7(6)9-8;/h5-10H2,1-4H3;3-5,7H,1-2H3;/q;;+1. The van der Waals surface area contributed by atoms with Crippen LogP contribution >= 0.6 is 0 Å². The number of rotatable bonds is 7. The molecule has 0 saturated carbocycles. The number of epoxide rings is 1. The van der Waals surface area contributed by atoms with Gasteiger partial charge in [0.15, 0.2) is 0 Å². The molecule has 1 fully saturated rings. The Labute approximate surface area is 148 Å². The maximum absolute atomic E-state index is 5.42. The number of fused-ring (bicyclic) bond motifs is 1. The van der Waals surface area contributed by atoms with E-state index < -0.39 is 0 Å². The molecule has 0 aromatic rings. The number of likely N-dealkylation sites (N-methyl/N-ethyl adjacent to an activating group) is 2. The average Bonchev–Trinajstić information content (AvgIpc) is 3.18. The van der Waals surface area contributed by atoms with E-state index in [-0.39, 0.29) is 22.7 Å². The molecule has 0 aromatic heterocycles. The van der Waals surface area contributed by atoms with Gasteiger partial charge < -0.3 is 14.5 Å². The summed E-state index contributed by atoms with van der Waals surface area (Å²) in [7, 11) is 0. The first-order valence-electron chi connectivity index (χ1n) is 8.49. The maximum Gasteiger partial charge on any atom is 1.00 e. The summed E-state index contributed by atoms with van der Waals surface area (Å²) in [6.07, 6.45) is 6.69. The van der Waals surface area contributed by atoms with Crippen LogP contribution in [-0.4, -0.2) is 60.8 Å². The van der Waals surface area contributed by atoms with Crippen LogP contribution in [0.4, 0.5) is 0 Å². The van der Waals surface area contributed by atoms with Crippen LogP contribution in [0, 0.1) is 0 Å². The summed E-state index contributed by atoms with van der Waals surface area (Å²) in [5.74, 6) is 0. The zero-order valence-electron chi connectivity index (χ0n) is 15.2. The van der Waals surface area contributed by atoms with Crippen molar-refractivity contribution in [3.63, 3.8) is 0 Å². The summed E-state index contributed by atoms with van der Waals surface area (Å²) in [6, 6.07) is 0. The molecule has 1 saturated heterocycles. The molecule has 0 amide bonds. The van der Waals surface area contributed by atoms with Crippen LogP contribution < -0.4 is 0 Å². The Bertz CT molecular complexity index is 350. The van der Waals surface area contributed by atoms with E-state index in [0.717, 1.165) is 0 Å². The summed E-state index contributed by atoms with van der Waals surface area (Å²) < 4.78 is 5.42. The maximum atomic E-state index is 5.42. The molecule has 1 aliphatic heterocycles. The third kappa shape index (κ3) is 6.55. The fourth-order valence-corrected chi connectivity index (χ4v) is 2.73. The van der Waals surface area contributed by atoms with Crippen LogP contribution in [0.1, 0.15) is 41.5 Å². The second-order valence-corrected chi connectivity index (χ2v) is 6.01. The molecular formula is C18H34CuN2O+. The molecule has 0 N–H and O–H groups in total. The van der Waals surface area contributed by atoms with Crippen molar-refractivity contribution in [1.29, 1.82) is 0 Å². The van der Waals surface area contributed by atoms with E-state index in [1.54, 1.807) is 0 Å². The topological polar surface area (TPSA) is 19.0 Å². The largest absolute Gasteiger partial charge is 1.00 e. The van der Waals surface area contributed by atoms with Gasteiger partial charge in [-0.15, -0.1) is 0 Å². The van der Waals surface area contributed by atoms with Crippen molar-refractivity contribution >= 4 is 0 Å². The Morgan fingerprint density at radius 2 is 1.45 bits per heavy atom. The molecule has 2 unspecified atom stereocenters. The van der Waals surface area contributed by atoms with E-state index in [2.05, 4.69) is 69.6 Å². The third-order valence-corrected chi connectivity index (χ3v) is 4.56. The van der Waals surface area contributed by atoms with Crippen LogP contribution in [0.3, 0.4) is 0 Å². The summed E-state index contributed by atoms with van der Waals surface area (Å²) >= 11 is 0. The predicted molar refractivity (Wildman–Crippen MR) is 91.8 cm³/mol. The molecule has 132 valence electrons. The van der Waals surface area contributed by atoms with Crippen molar-refractivity contribution in [3.05, 3.63) is 23.8 Å². The van der Waals surface area contributed by atoms with Gasteiger partial charge >= 0.3 is 17.1 Å². The van der Waals surface area contributed by atoms with Crippen LogP contribution in [0.25, 0.3) is 0 Å². The number of nitrogens with zero attached hydrogens (tertiary/aromatic N) is 2. The predicted octanol–water partition coefficient (Wildman–Crippen LogP) is 3.33. The molecule has 1 aliphatic carbocycles. The second kappa shape index (κ2) is 10.6. The second-order valence-electron chi connectivity index (χ2n) is 6.01. The molecule has 0 aromatic carbocycles. The Morgan fingerprint density at radius 1 is 1.00 bits per heavy atom. The third-order valence-electron chi connectivity index (χ3n) is 4.56. The van der Waals surface area contributed by atoms with Gasteiger partial charge in [-0.2, -0.15) is 0 Å². The summed E-state index contributed by atoms with van der Waals surface area (Å²) in [6.45, 7) is 20.3. The number of hydrogen-bond acceptors (Lipinski definition) is 3. The van der Waals surface area contributed by atoms with Gasteiger partial charge in [0.05, 0.1) is 0 Å². The molecule has 2 atom stereocenters. The minimum atomic E-state index is 0. The molecule has 22 heavy (non-hydrogen) atoms. The van der Waals surface area contributed by atoms with Crippen molar-refractivity contribution in [2.75, 3.05) is 39.3 Å². The SMILES string of the molecule is CC1=CC=CC2(C)OC12.CCN(CC)CCN(CC)CC.[Cu+]. The Kier molecular flexibility index (Phi) is 10.6. The van der Waals surface area contributed by atoms with Gasteiger partial charge in [-0.1, -0.05) is 45.9 Å². The number of hydrogen-bond donors (Lipinski definition) is 0. The van der Waals surface area contributed by atoms with Crippen molar-refractivity contribution in [2.45, 2.75) is 53.2 Å². The van der Waals surface area contributed by atoms with Crippen molar-refractivity contribution in [3.8, 4) is 0 Å². The van der Waals surface area contributed by atoms with E-state index in [0.29, 0.717) is 6.10 Å². The molecule has 1 heterocycles. The first-order chi connectivity index (χ1) is 10.0. The van der Waals surface area contributed by atoms with Gasteiger partial charge in [0, 0.05) is 13.1 Å². The van der Waals surface area contributed by atoms with Gasteiger partial charge in [-0.05, 0) is 45.6 Å². The molecule has 2 aliphatic rings. The quantitative estimate of drug-likeness (QED) is 0.514. The fourth-order valence-electron chi connectivity index (χ4n) is 2.73. The Balaban J connectivity index is 0.000000393. The monoisotopic (exact) mass is 357 g/mol. The van der Waals surface area contributed by atoms with E-state index in [1.165, 1.54) is 44.8 Å². The van der Waals surface area contributed by atoms with Crippen LogP contribution in [-0.2, 0) is 21.8 Å². The van der Waals surface area contributed by atoms with Gasteiger partial charge in [-0.3, -0.25) is 0 Å². The van der Waals surface area contributed by atoms with Gasteiger partial charge in [-0.25, -0.2) is 0 Å². The molecular weight excluding hydrogens is 324 g/mol. The minimum absolute atomic E-state index is 0. The summed E-state index contributed by atoms with van der Waals surface area (Å²) in [5, 5.41) is 0. The van der Waals surface area contributed by atoms with E-state index in [4.69, 9.17) is 4.74 Å². The average molecular weight is 358 g/mol. The van der Waals surface area contributed by atoms with Gasteiger partial charge in [0.1, 0.15) is 11.7 Å². The van der Waals surface area contributed by atoms with Gasteiger partial charge in [0.25, 0.3) is 0 Å². The first kappa shape index (κ1) is 21.9. The van der Waals surface area contributed by atoms with Crippen molar-refractivity contribution < 1.29 is 21.8 Å². The molecule has 0 bridgehead atoms. The molecule has 4 heteroatoms. The molecule has 0 radical (unpaired) electrons. The molecule has 0 spiro atoms. The summed E-state index contributed by atoms with van der Waals surface area (Å²) in [5.41, 5.74) is 1.42. The minimum Gasteiger partial charge on any atom is -0.357 e. The zero-order valence-corrected chi connectivity index (χ0v) is 16.1. The number of ether oxygens (including phenoxy) is 1. The fraction of sp³-hybridized carbons (Fsp3) is 0.778. The van der Waals surface area contributed by atoms with Crippen molar-refractivity contribution in [1.82, 2.24) is 9.80 Å². The smallest absolute Gasteiger partial charge is 0.357 e. The first-order valence-corrected chi connectivity index (χ1v) is 8.49. The number of allylic oxidation sites excluding steroid dienone is 2. The van der Waals surface area contributed by atoms with E-state index in [9.17, 15) is 0 Å². The van der Waals surface area contributed by atoms with Crippen LogP contribution in [0.2, 0.25) is 0 Å². The Morgan fingerprint density at radius 3 is 1.77 bits per heavy atom. The van der Waals surface area contributed by atoms with E-state index in [1.807, 2.05) is 0 Å². The van der Waals surface area contributed by atoms with Gasteiger partial charge in [0.2, 0.25) is 0 Å². The Hall–Kier alpha value is -0.121. The molecule has 3 nitrogen and oxygen atoms in total. The van der Waals surface area contributed by atoms with Crippen LogP contribution in [0.5, 0.6) is 0 Å². The van der Waals surface area contributed by atoms with Crippen molar-refractivity contribution in [2.24, 2.45) is 0 Å². The zero-order chi connectivity index (χ0) is 15.9. The molecule has 2 rings (SSSR count). The normalized spacial score (nSPS) is 25.1. The summed E-state index contributed by atoms with van der Waals surface area (Å²) in [4.78, 5) is 4.94. The van der Waals surface area contributed by atoms with E-state index >= 15 is 0 Å². The van der Waals surface area contributed by atoms with Crippen LogP contribution in [0.15, 0.2) is 23.8 Å².